The third-order valence-corrected chi connectivity index (χ3v) is 4.55. The van der Waals surface area contributed by atoms with E-state index in [0.29, 0.717) is 10.9 Å². The van der Waals surface area contributed by atoms with Crippen molar-refractivity contribution < 1.29 is 14.3 Å². The maximum absolute atomic E-state index is 12.4. The zero-order valence-corrected chi connectivity index (χ0v) is 16.0. The van der Waals surface area contributed by atoms with Crippen LogP contribution in [0.2, 0.25) is 5.02 Å². The van der Waals surface area contributed by atoms with Crippen LogP contribution in [-0.2, 0) is 20.7 Å². The Morgan fingerprint density at radius 1 is 1.08 bits per heavy atom. The number of carbonyl (C=O) groups is 2. The molecule has 0 radical (unpaired) electrons. The van der Waals surface area contributed by atoms with E-state index in [-0.39, 0.29) is 12.3 Å². The monoisotopic (exact) mass is 373 g/mol. The summed E-state index contributed by atoms with van der Waals surface area (Å²) in [6.45, 7) is 5.78. The first-order valence-electron chi connectivity index (χ1n) is 8.74. The third-order valence-electron chi connectivity index (χ3n) is 4.30. The Morgan fingerprint density at radius 2 is 1.73 bits per heavy atom. The van der Waals surface area contributed by atoms with Crippen molar-refractivity contribution in [1.29, 1.82) is 0 Å². The molecule has 0 fully saturated rings. The van der Waals surface area contributed by atoms with E-state index in [1.807, 2.05) is 24.3 Å². The standard InChI is InChI=1S/C21H24ClNO3/c1-4-14(2)18-7-5-6-8-19(18)23-21(25)15(3)26-20(24)13-16-9-11-17(22)12-10-16/h5-12,14-15H,4,13H2,1-3H3,(H,23,25)/t14-,15-/m1/s1. The summed E-state index contributed by atoms with van der Waals surface area (Å²) < 4.78 is 5.26. The molecular weight excluding hydrogens is 350 g/mol. The van der Waals surface area contributed by atoms with Gasteiger partial charge in [-0.15, -0.1) is 0 Å². The van der Waals surface area contributed by atoms with Gasteiger partial charge in [0, 0.05) is 10.7 Å². The molecule has 0 heterocycles. The number of para-hydroxylation sites is 1. The van der Waals surface area contributed by atoms with E-state index < -0.39 is 12.1 Å². The van der Waals surface area contributed by atoms with E-state index in [1.165, 1.54) is 0 Å². The van der Waals surface area contributed by atoms with Crippen molar-refractivity contribution in [3.63, 3.8) is 0 Å². The Labute approximate surface area is 159 Å². The Kier molecular flexibility index (Phi) is 7.22. The van der Waals surface area contributed by atoms with Crippen molar-refractivity contribution in [2.75, 3.05) is 5.32 Å². The maximum atomic E-state index is 12.4. The molecule has 0 spiro atoms. The van der Waals surface area contributed by atoms with Crippen LogP contribution in [0, 0.1) is 0 Å². The Morgan fingerprint density at radius 3 is 2.38 bits per heavy atom. The van der Waals surface area contributed by atoms with Crippen LogP contribution in [0.1, 0.15) is 44.2 Å². The second kappa shape index (κ2) is 9.39. The molecule has 4 nitrogen and oxygen atoms in total. The number of hydrogen-bond acceptors (Lipinski definition) is 3. The molecule has 1 amide bonds. The van der Waals surface area contributed by atoms with Crippen molar-refractivity contribution in [2.24, 2.45) is 0 Å². The summed E-state index contributed by atoms with van der Waals surface area (Å²) in [5.41, 5.74) is 2.62. The maximum Gasteiger partial charge on any atom is 0.311 e. The van der Waals surface area contributed by atoms with Crippen LogP contribution in [0.25, 0.3) is 0 Å². The van der Waals surface area contributed by atoms with Gasteiger partial charge in [0.2, 0.25) is 0 Å². The van der Waals surface area contributed by atoms with Gasteiger partial charge >= 0.3 is 5.97 Å². The largest absolute Gasteiger partial charge is 0.452 e. The van der Waals surface area contributed by atoms with E-state index >= 15 is 0 Å². The zero-order chi connectivity index (χ0) is 19.1. The Balaban J connectivity index is 1.95. The van der Waals surface area contributed by atoms with Crippen LogP contribution in [0.5, 0.6) is 0 Å². The molecular formula is C21H24ClNO3. The van der Waals surface area contributed by atoms with Crippen molar-refractivity contribution in [3.05, 3.63) is 64.7 Å². The highest BCUT2D eigenvalue weighted by molar-refractivity contribution is 6.30. The molecule has 2 aromatic rings. The normalized spacial score (nSPS) is 12.9. The average molecular weight is 374 g/mol. The summed E-state index contributed by atoms with van der Waals surface area (Å²) in [6, 6.07) is 14.6. The van der Waals surface area contributed by atoms with Crippen LogP contribution >= 0.6 is 11.6 Å². The van der Waals surface area contributed by atoms with Gasteiger partial charge in [0.25, 0.3) is 5.91 Å². The van der Waals surface area contributed by atoms with E-state index in [4.69, 9.17) is 16.3 Å². The Hall–Kier alpha value is -2.33. The van der Waals surface area contributed by atoms with Gasteiger partial charge in [-0.1, -0.05) is 55.8 Å². The highest BCUT2D eigenvalue weighted by Gasteiger charge is 2.20. The fourth-order valence-electron chi connectivity index (χ4n) is 2.56. The molecule has 0 aliphatic rings. The minimum atomic E-state index is -0.875. The highest BCUT2D eigenvalue weighted by atomic mass is 35.5. The molecule has 1 N–H and O–H groups in total. The number of anilines is 1. The van der Waals surface area contributed by atoms with Crippen LogP contribution in [0.4, 0.5) is 5.69 Å². The summed E-state index contributed by atoms with van der Waals surface area (Å²) in [4.78, 5) is 24.5. The summed E-state index contributed by atoms with van der Waals surface area (Å²) >= 11 is 5.83. The van der Waals surface area contributed by atoms with Crippen molar-refractivity contribution in [2.45, 2.75) is 45.6 Å². The number of rotatable bonds is 7. The van der Waals surface area contributed by atoms with Crippen LogP contribution in [0.15, 0.2) is 48.5 Å². The molecule has 0 aliphatic heterocycles. The van der Waals surface area contributed by atoms with Gasteiger partial charge in [0.05, 0.1) is 6.42 Å². The molecule has 2 aromatic carbocycles. The molecule has 0 unspecified atom stereocenters. The number of benzene rings is 2. The third kappa shape index (κ3) is 5.60. The van der Waals surface area contributed by atoms with E-state index in [2.05, 4.69) is 19.2 Å². The molecule has 0 saturated heterocycles. The molecule has 138 valence electrons. The first-order valence-corrected chi connectivity index (χ1v) is 9.12. The zero-order valence-electron chi connectivity index (χ0n) is 15.3. The fourth-order valence-corrected chi connectivity index (χ4v) is 2.68. The Bertz CT molecular complexity index is 758. The molecule has 2 atom stereocenters. The van der Waals surface area contributed by atoms with Crippen molar-refractivity contribution in [3.8, 4) is 0 Å². The van der Waals surface area contributed by atoms with E-state index in [9.17, 15) is 9.59 Å². The molecule has 0 aromatic heterocycles. The summed E-state index contributed by atoms with van der Waals surface area (Å²) in [6.07, 6.45) is 0.191. The van der Waals surface area contributed by atoms with Gasteiger partial charge in [-0.05, 0) is 48.6 Å². The summed E-state index contributed by atoms with van der Waals surface area (Å²) in [5.74, 6) is -0.468. The summed E-state index contributed by atoms with van der Waals surface area (Å²) in [5, 5.41) is 3.47. The molecule has 0 aliphatic carbocycles. The number of carbonyl (C=O) groups excluding carboxylic acids is 2. The number of esters is 1. The molecule has 5 heteroatoms. The van der Waals surface area contributed by atoms with Crippen molar-refractivity contribution in [1.82, 2.24) is 0 Å². The number of hydrogen-bond donors (Lipinski definition) is 1. The smallest absolute Gasteiger partial charge is 0.311 e. The van der Waals surface area contributed by atoms with Gasteiger partial charge in [0.15, 0.2) is 6.10 Å². The summed E-state index contributed by atoms with van der Waals surface area (Å²) in [7, 11) is 0. The predicted octanol–water partition coefficient (Wildman–Crippen LogP) is 4.97. The van der Waals surface area contributed by atoms with Gasteiger partial charge in [-0.2, -0.15) is 0 Å². The van der Waals surface area contributed by atoms with Crippen LogP contribution in [0.3, 0.4) is 0 Å². The highest BCUT2D eigenvalue weighted by Crippen LogP contribution is 2.26. The topological polar surface area (TPSA) is 55.4 Å². The van der Waals surface area contributed by atoms with Crippen LogP contribution in [-0.4, -0.2) is 18.0 Å². The SMILES string of the molecule is CC[C@@H](C)c1ccccc1NC(=O)[C@@H](C)OC(=O)Cc1ccc(Cl)cc1. The van der Waals surface area contributed by atoms with Gasteiger partial charge in [-0.25, -0.2) is 0 Å². The van der Waals surface area contributed by atoms with E-state index in [0.717, 1.165) is 23.2 Å². The predicted molar refractivity (Wildman–Crippen MR) is 104 cm³/mol. The second-order valence-corrected chi connectivity index (χ2v) is 6.76. The van der Waals surface area contributed by atoms with Gasteiger partial charge in [-0.3, -0.25) is 9.59 Å². The quantitative estimate of drug-likeness (QED) is 0.697. The van der Waals surface area contributed by atoms with Crippen molar-refractivity contribution >= 4 is 29.2 Å². The lowest BCUT2D eigenvalue weighted by atomic mass is 9.97. The lowest BCUT2D eigenvalue weighted by molar-refractivity contribution is -0.152. The lowest BCUT2D eigenvalue weighted by Crippen LogP contribution is -2.30. The fraction of sp³-hybridized carbons (Fsp3) is 0.333. The van der Waals surface area contributed by atoms with Gasteiger partial charge < -0.3 is 10.1 Å². The number of nitrogens with one attached hydrogen (secondary N) is 1. The first kappa shape index (κ1) is 20.0. The second-order valence-electron chi connectivity index (χ2n) is 6.32. The van der Waals surface area contributed by atoms with Crippen LogP contribution < -0.4 is 5.32 Å². The number of halogens is 1. The van der Waals surface area contributed by atoms with Gasteiger partial charge in [0.1, 0.15) is 0 Å². The lowest BCUT2D eigenvalue weighted by Gasteiger charge is -2.18. The minimum Gasteiger partial charge on any atom is -0.452 e. The first-order chi connectivity index (χ1) is 12.4. The average Bonchev–Trinajstić information content (AvgIpc) is 2.63. The number of amides is 1. The van der Waals surface area contributed by atoms with E-state index in [1.54, 1.807) is 31.2 Å². The molecule has 0 bridgehead atoms. The molecule has 0 saturated carbocycles. The minimum absolute atomic E-state index is 0.0955. The number of ether oxygens (including phenoxy) is 1. The molecule has 26 heavy (non-hydrogen) atoms. The molecule has 2 rings (SSSR count).